The Morgan fingerprint density at radius 2 is 1.94 bits per heavy atom. The molecule has 98 valence electrons. The van der Waals surface area contributed by atoms with Gasteiger partial charge in [-0.1, -0.05) is 12.1 Å². The molecule has 1 aromatic carbocycles. The van der Waals surface area contributed by atoms with E-state index >= 15 is 0 Å². The van der Waals surface area contributed by atoms with Crippen molar-refractivity contribution >= 4 is 5.69 Å². The lowest BCUT2D eigenvalue weighted by Crippen LogP contribution is -2.31. The van der Waals surface area contributed by atoms with Crippen LogP contribution >= 0.6 is 0 Å². The van der Waals surface area contributed by atoms with Crippen molar-refractivity contribution in [3.63, 3.8) is 0 Å². The highest BCUT2D eigenvalue weighted by Gasteiger charge is 2.24. The second-order valence-electron chi connectivity index (χ2n) is 5.49. The topological polar surface area (TPSA) is 35.5 Å². The molecular formula is C15H22N2O. The zero-order chi connectivity index (χ0) is 12.4. The fourth-order valence-electron chi connectivity index (χ4n) is 2.72. The first-order valence-corrected chi connectivity index (χ1v) is 7.06. The molecule has 2 aliphatic rings. The van der Waals surface area contributed by atoms with E-state index in [-0.39, 0.29) is 6.61 Å². The van der Waals surface area contributed by atoms with Gasteiger partial charge in [0.05, 0.1) is 12.6 Å². The molecule has 2 fully saturated rings. The summed E-state index contributed by atoms with van der Waals surface area (Å²) in [6.07, 6.45) is 4.98. The Morgan fingerprint density at radius 1 is 1.17 bits per heavy atom. The first kappa shape index (κ1) is 12.0. The third-order valence-corrected chi connectivity index (χ3v) is 4.03. The summed E-state index contributed by atoms with van der Waals surface area (Å²) in [6, 6.07) is 9.88. The van der Waals surface area contributed by atoms with Crippen molar-refractivity contribution < 1.29 is 5.11 Å². The van der Waals surface area contributed by atoms with Crippen LogP contribution in [0.1, 0.15) is 31.2 Å². The highest BCUT2D eigenvalue weighted by molar-refractivity contribution is 5.49. The number of nitrogens with one attached hydrogen (secondary N) is 1. The summed E-state index contributed by atoms with van der Waals surface area (Å²) in [5.74, 6) is 0. The van der Waals surface area contributed by atoms with Crippen molar-refractivity contribution in [2.75, 3.05) is 18.1 Å². The zero-order valence-electron chi connectivity index (χ0n) is 10.8. The zero-order valence-corrected chi connectivity index (χ0v) is 10.8. The van der Waals surface area contributed by atoms with Crippen LogP contribution in [0.25, 0.3) is 0 Å². The molecule has 1 saturated carbocycles. The van der Waals surface area contributed by atoms with Gasteiger partial charge in [0.15, 0.2) is 0 Å². The summed E-state index contributed by atoms with van der Waals surface area (Å²) in [5, 5.41) is 12.9. The van der Waals surface area contributed by atoms with E-state index in [9.17, 15) is 5.11 Å². The molecule has 1 aliphatic carbocycles. The lowest BCUT2D eigenvalue weighted by molar-refractivity contribution is 0.266. The van der Waals surface area contributed by atoms with E-state index in [1.807, 2.05) is 0 Å². The lowest BCUT2D eigenvalue weighted by atomic mass is 10.1. The normalized spacial score (nSPS) is 23.6. The number of hydrogen-bond donors (Lipinski definition) is 2. The summed E-state index contributed by atoms with van der Waals surface area (Å²) >= 11 is 0. The quantitative estimate of drug-likeness (QED) is 0.833. The van der Waals surface area contributed by atoms with Gasteiger partial charge in [-0.25, -0.2) is 0 Å². The molecule has 2 N–H and O–H groups in total. The second-order valence-corrected chi connectivity index (χ2v) is 5.49. The number of benzene rings is 1. The second kappa shape index (κ2) is 5.29. The maximum absolute atomic E-state index is 9.35. The van der Waals surface area contributed by atoms with Gasteiger partial charge in [0.1, 0.15) is 0 Å². The van der Waals surface area contributed by atoms with E-state index in [2.05, 4.69) is 34.5 Å². The van der Waals surface area contributed by atoms with Gasteiger partial charge >= 0.3 is 0 Å². The van der Waals surface area contributed by atoms with E-state index in [0.717, 1.165) is 25.6 Å². The van der Waals surface area contributed by atoms with Gasteiger partial charge in [0.2, 0.25) is 0 Å². The van der Waals surface area contributed by atoms with E-state index < -0.39 is 0 Å². The van der Waals surface area contributed by atoms with Gasteiger partial charge in [-0.2, -0.15) is 0 Å². The van der Waals surface area contributed by atoms with Gasteiger partial charge in [-0.3, -0.25) is 0 Å². The number of aliphatic hydroxyl groups excluding tert-OH is 1. The smallest absolute Gasteiger partial charge is 0.0635 e. The minimum absolute atomic E-state index is 0.269. The van der Waals surface area contributed by atoms with E-state index in [1.54, 1.807) is 0 Å². The highest BCUT2D eigenvalue weighted by atomic mass is 16.3. The molecule has 1 aromatic rings. The summed E-state index contributed by atoms with van der Waals surface area (Å²) < 4.78 is 0. The van der Waals surface area contributed by atoms with Crippen LogP contribution in [0.4, 0.5) is 5.69 Å². The van der Waals surface area contributed by atoms with Gasteiger partial charge < -0.3 is 15.3 Å². The fraction of sp³-hybridized carbons (Fsp3) is 0.600. The Morgan fingerprint density at radius 3 is 2.61 bits per heavy atom. The Hall–Kier alpha value is -1.06. The molecule has 1 saturated heterocycles. The average Bonchev–Trinajstić information content (AvgIpc) is 3.12. The van der Waals surface area contributed by atoms with Crippen molar-refractivity contribution in [2.24, 2.45) is 0 Å². The Labute approximate surface area is 109 Å². The SMILES string of the molecule is OCC1CCCN1c1ccc(CNC2CC2)cc1. The number of anilines is 1. The number of nitrogens with zero attached hydrogens (tertiary/aromatic N) is 1. The first-order chi connectivity index (χ1) is 8.86. The van der Waals surface area contributed by atoms with Crippen LogP contribution in [0, 0.1) is 0 Å². The third-order valence-electron chi connectivity index (χ3n) is 4.03. The van der Waals surface area contributed by atoms with Gasteiger partial charge in [-0.15, -0.1) is 0 Å². The van der Waals surface area contributed by atoms with Crippen LogP contribution in [0.2, 0.25) is 0 Å². The maximum atomic E-state index is 9.35. The van der Waals surface area contributed by atoms with Crippen LogP contribution in [-0.2, 0) is 6.54 Å². The number of rotatable bonds is 5. The summed E-state index contributed by atoms with van der Waals surface area (Å²) in [5.41, 5.74) is 2.60. The highest BCUT2D eigenvalue weighted by Crippen LogP contribution is 2.26. The van der Waals surface area contributed by atoms with Crippen LogP contribution in [0.3, 0.4) is 0 Å². The molecule has 1 heterocycles. The predicted molar refractivity (Wildman–Crippen MR) is 73.8 cm³/mol. The Kier molecular flexibility index (Phi) is 3.52. The molecule has 3 nitrogen and oxygen atoms in total. The lowest BCUT2D eigenvalue weighted by Gasteiger charge is -2.25. The van der Waals surface area contributed by atoms with E-state index in [4.69, 9.17) is 0 Å². The molecule has 1 atom stereocenters. The van der Waals surface area contributed by atoms with Crippen molar-refractivity contribution in [2.45, 2.75) is 44.3 Å². The van der Waals surface area contributed by atoms with Gasteiger partial charge in [0.25, 0.3) is 0 Å². The fourth-order valence-corrected chi connectivity index (χ4v) is 2.72. The van der Waals surface area contributed by atoms with Crippen molar-refractivity contribution in [1.29, 1.82) is 0 Å². The molecular weight excluding hydrogens is 224 g/mol. The summed E-state index contributed by atoms with van der Waals surface area (Å²) in [4.78, 5) is 2.33. The standard InChI is InChI=1S/C15H22N2O/c18-11-15-2-1-9-17(15)14-7-3-12(4-8-14)10-16-13-5-6-13/h3-4,7-8,13,15-16,18H,1-2,5-6,9-11H2. The molecule has 0 bridgehead atoms. The molecule has 0 aromatic heterocycles. The van der Waals surface area contributed by atoms with Crippen LogP contribution in [0.5, 0.6) is 0 Å². The molecule has 3 heteroatoms. The summed E-state index contributed by atoms with van der Waals surface area (Å²) in [7, 11) is 0. The molecule has 0 radical (unpaired) electrons. The van der Waals surface area contributed by atoms with Gasteiger partial charge in [-0.05, 0) is 43.4 Å². The van der Waals surface area contributed by atoms with Crippen molar-refractivity contribution in [3.05, 3.63) is 29.8 Å². The van der Waals surface area contributed by atoms with Crippen LogP contribution < -0.4 is 10.2 Å². The van der Waals surface area contributed by atoms with Crippen LogP contribution in [-0.4, -0.2) is 30.3 Å². The van der Waals surface area contributed by atoms with Crippen molar-refractivity contribution in [3.8, 4) is 0 Å². The predicted octanol–water partition coefficient (Wildman–Crippen LogP) is 1.90. The molecule has 3 rings (SSSR count). The number of aliphatic hydroxyl groups is 1. The van der Waals surface area contributed by atoms with Crippen LogP contribution in [0.15, 0.2) is 24.3 Å². The minimum Gasteiger partial charge on any atom is -0.394 e. The summed E-state index contributed by atoms with van der Waals surface area (Å²) in [6.45, 7) is 2.32. The Balaban J connectivity index is 1.62. The molecule has 1 aliphatic heterocycles. The molecule has 1 unspecified atom stereocenters. The Bertz CT molecular complexity index is 386. The van der Waals surface area contributed by atoms with Crippen molar-refractivity contribution in [1.82, 2.24) is 5.32 Å². The van der Waals surface area contributed by atoms with E-state index in [0.29, 0.717) is 6.04 Å². The third kappa shape index (κ3) is 2.68. The average molecular weight is 246 g/mol. The minimum atomic E-state index is 0.269. The largest absolute Gasteiger partial charge is 0.394 e. The van der Waals surface area contributed by atoms with Gasteiger partial charge in [0, 0.05) is 24.8 Å². The molecule has 0 spiro atoms. The molecule has 0 amide bonds. The molecule has 18 heavy (non-hydrogen) atoms. The van der Waals surface area contributed by atoms with E-state index in [1.165, 1.54) is 30.5 Å². The maximum Gasteiger partial charge on any atom is 0.0635 e. The number of hydrogen-bond acceptors (Lipinski definition) is 3. The first-order valence-electron chi connectivity index (χ1n) is 7.06. The monoisotopic (exact) mass is 246 g/mol.